The summed E-state index contributed by atoms with van der Waals surface area (Å²) in [7, 11) is 0. The molecule has 1 fully saturated rings. The first kappa shape index (κ1) is 21.8. The highest BCUT2D eigenvalue weighted by atomic mass is 19.1. The van der Waals surface area contributed by atoms with Crippen molar-refractivity contribution in [2.24, 2.45) is 0 Å². The highest BCUT2D eigenvalue weighted by molar-refractivity contribution is 5.97. The molecular formula is C23H27FN2O4. The Morgan fingerprint density at radius 2 is 1.80 bits per heavy atom. The quantitative estimate of drug-likeness (QED) is 0.668. The second-order valence-corrected chi connectivity index (χ2v) is 7.66. The normalized spacial score (nSPS) is 19.6. The van der Waals surface area contributed by atoms with Crippen molar-refractivity contribution in [3.05, 3.63) is 59.4 Å². The lowest BCUT2D eigenvalue weighted by Gasteiger charge is -2.26. The summed E-state index contributed by atoms with van der Waals surface area (Å²) in [5, 5.41) is 15.0. The number of anilines is 1. The zero-order chi connectivity index (χ0) is 21.7. The third kappa shape index (κ3) is 5.57. The van der Waals surface area contributed by atoms with Crippen LogP contribution < -0.4 is 15.4 Å². The first-order chi connectivity index (χ1) is 14.3. The van der Waals surface area contributed by atoms with Crippen molar-refractivity contribution in [1.82, 2.24) is 5.32 Å². The molecule has 3 N–H and O–H groups in total. The molecule has 1 atom stereocenters. The van der Waals surface area contributed by atoms with Crippen molar-refractivity contribution >= 4 is 17.5 Å². The maximum absolute atomic E-state index is 14.8. The Kier molecular flexibility index (Phi) is 7.05. The number of halogens is 1. The topological polar surface area (TPSA) is 87.7 Å². The molecule has 0 aliphatic heterocycles. The summed E-state index contributed by atoms with van der Waals surface area (Å²) in [6.45, 7) is 3.09. The van der Waals surface area contributed by atoms with Crippen LogP contribution in [-0.2, 0) is 4.79 Å². The first-order valence-electron chi connectivity index (χ1n) is 10.1. The summed E-state index contributed by atoms with van der Waals surface area (Å²) in [5.41, 5.74) is 0.896. The average Bonchev–Trinajstić information content (AvgIpc) is 2.72. The summed E-state index contributed by atoms with van der Waals surface area (Å²) in [4.78, 5) is 24.3. The minimum absolute atomic E-state index is 0.0633. The van der Waals surface area contributed by atoms with Gasteiger partial charge in [-0.25, -0.2) is 4.39 Å². The molecule has 160 valence electrons. The number of benzene rings is 2. The molecule has 1 aliphatic rings. The number of nitrogens with one attached hydrogen (secondary N) is 2. The molecule has 3 rings (SSSR count). The van der Waals surface area contributed by atoms with Gasteiger partial charge in [-0.1, -0.05) is 30.3 Å². The second kappa shape index (κ2) is 9.71. The third-order valence-corrected chi connectivity index (χ3v) is 5.22. The van der Waals surface area contributed by atoms with Crippen LogP contribution in [0.5, 0.6) is 5.75 Å². The van der Waals surface area contributed by atoms with Gasteiger partial charge in [-0.05, 0) is 50.3 Å². The van der Waals surface area contributed by atoms with Gasteiger partial charge in [0.1, 0.15) is 17.5 Å². The van der Waals surface area contributed by atoms with Crippen molar-refractivity contribution in [2.45, 2.75) is 57.8 Å². The fourth-order valence-corrected chi connectivity index (χ4v) is 3.57. The van der Waals surface area contributed by atoms with Gasteiger partial charge in [-0.3, -0.25) is 9.59 Å². The number of hydrogen-bond donors (Lipinski definition) is 3. The molecule has 0 saturated heterocycles. The lowest BCUT2D eigenvalue weighted by molar-refractivity contribution is -0.114. The number of amides is 2. The van der Waals surface area contributed by atoms with E-state index in [2.05, 4.69) is 10.6 Å². The van der Waals surface area contributed by atoms with E-state index < -0.39 is 23.7 Å². The standard InChI is InChI=1S/C23H27FN2O4/c1-14(16-6-4-3-5-7-16)30-21-13-17(12-20(24)22(21)25-15(2)27)23(29)26-18-8-10-19(28)11-9-18/h3-7,12-14,18-19,28H,8-11H2,1-2H3,(H,25,27)(H,26,29). The van der Waals surface area contributed by atoms with E-state index in [-0.39, 0.29) is 29.1 Å². The zero-order valence-corrected chi connectivity index (χ0v) is 17.2. The van der Waals surface area contributed by atoms with Gasteiger partial charge in [0.2, 0.25) is 5.91 Å². The lowest BCUT2D eigenvalue weighted by Crippen LogP contribution is -2.38. The number of carbonyl (C=O) groups excluding carboxylic acids is 2. The van der Waals surface area contributed by atoms with Crippen molar-refractivity contribution in [3.63, 3.8) is 0 Å². The Balaban J connectivity index is 1.84. The first-order valence-corrected chi connectivity index (χ1v) is 10.1. The van der Waals surface area contributed by atoms with Gasteiger partial charge in [0.05, 0.1) is 6.10 Å². The van der Waals surface area contributed by atoms with Crippen LogP contribution in [0.1, 0.15) is 61.6 Å². The van der Waals surface area contributed by atoms with E-state index in [0.717, 1.165) is 11.6 Å². The number of hydrogen-bond acceptors (Lipinski definition) is 4. The van der Waals surface area contributed by atoms with Crippen LogP contribution in [0.4, 0.5) is 10.1 Å². The molecule has 2 aromatic carbocycles. The molecule has 0 heterocycles. The van der Waals surface area contributed by atoms with Crippen LogP contribution >= 0.6 is 0 Å². The van der Waals surface area contributed by atoms with Crippen molar-refractivity contribution in [1.29, 1.82) is 0 Å². The van der Waals surface area contributed by atoms with E-state index >= 15 is 0 Å². The third-order valence-electron chi connectivity index (χ3n) is 5.22. The van der Waals surface area contributed by atoms with E-state index in [4.69, 9.17) is 4.74 Å². The van der Waals surface area contributed by atoms with Crippen molar-refractivity contribution < 1.29 is 23.8 Å². The van der Waals surface area contributed by atoms with Gasteiger partial charge in [0.15, 0.2) is 5.82 Å². The minimum atomic E-state index is -0.743. The number of ether oxygens (including phenoxy) is 1. The average molecular weight is 414 g/mol. The molecule has 1 saturated carbocycles. The predicted molar refractivity (Wildman–Crippen MR) is 112 cm³/mol. The largest absolute Gasteiger partial charge is 0.484 e. The molecule has 1 unspecified atom stereocenters. The van der Waals surface area contributed by atoms with Gasteiger partial charge < -0.3 is 20.5 Å². The molecule has 0 radical (unpaired) electrons. The SMILES string of the molecule is CC(=O)Nc1c(F)cc(C(=O)NC2CCC(O)CC2)cc1OC(C)c1ccccc1. The predicted octanol–water partition coefficient (Wildman–Crippen LogP) is 3.96. The molecular weight excluding hydrogens is 387 g/mol. The Hall–Kier alpha value is -2.93. The van der Waals surface area contributed by atoms with Crippen molar-refractivity contribution in [3.8, 4) is 5.75 Å². The van der Waals surface area contributed by atoms with Crippen LogP contribution in [0.3, 0.4) is 0 Å². The van der Waals surface area contributed by atoms with E-state index in [0.29, 0.717) is 25.7 Å². The van der Waals surface area contributed by atoms with E-state index in [1.165, 1.54) is 13.0 Å². The van der Waals surface area contributed by atoms with Crippen LogP contribution in [0.2, 0.25) is 0 Å². The van der Waals surface area contributed by atoms with E-state index in [1.807, 2.05) is 37.3 Å². The smallest absolute Gasteiger partial charge is 0.251 e. The fraction of sp³-hybridized carbons (Fsp3) is 0.391. The second-order valence-electron chi connectivity index (χ2n) is 7.66. The Bertz CT molecular complexity index is 896. The molecule has 2 amide bonds. The highest BCUT2D eigenvalue weighted by Crippen LogP contribution is 2.33. The minimum Gasteiger partial charge on any atom is -0.484 e. The molecule has 1 aliphatic carbocycles. The molecule has 7 heteroatoms. The number of aliphatic hydroxyl groups excluding tert-OH is 1. The summed E-state index contributed by atoms with van der Waals surface area (Å²) >= 11 is 0. The molecule has 6 nitrogen and oxygen atoms in total. The molecule has 2 aromatic rings. The maximum Gasteiger partial charge on any atom is 0.251 e. The molecule has 30 heavy (non-hydrogen) atoms. The Morgan fingerprint density at radius 3 is 2.43 bits per heavy atom. The van der Waals surface area contributed by atoms with Gasteiger partial charge >= 0.3 is 0 Å². The number of aliphatic hydroxyl groups is 1. The van der Waals surface area contributed by atoms with Crippen LogP contribution in [0, 0.1) is 5.82 Å². The van der Waals surface area contributed by atoms with Gasteiger partial charge in [0.25, 0.3) is 5.91 Å². The van der Waals surface area contributed by atoms with Crippen LogP contribution in [0.15, 0.2) is 42.5 Å². The molecule has 0 bridgehead atoms. The molecule has 0 spiro atoms. The summed E-state index contributed by atoms with van der Waals surface area (Å²) in [6.07, 6.45) is 1.86. The molecule has 0 aromatic heterocycles. The summed E-state index contributed by atoms with van der Waals surface area (Å²) in [6, 6.07) is 11.9. The van der Waals surface area contributed by atoms with Gasteiger partial charge in [0, 0.05) is 18.5 Å². The Morgan fingerprint density at radius 1 is 1.13 bits per heavy atom. The summed E-state index contributed by atoms with van der Waals surface area (Å²) in [5.74, 6) is -1.51. The van der Waals surface area contributed by atoms with Gasteiger partial charge in [-0.15, -0.1) is 0 Å². The van der Waals surface area contributed by atoms with Crippen LogP contribution in [-0.4, -0.2) is 29.1 Å². The monoisotopic (exact) mass is 414 g/mol. The fourth-order valence-electron chi connectivity index (χ4n) is 3.57. The maximum atomic E-state index is 14.8. The van der Waals surface area contributed by atoms with E-state index in [9.17, 15) is 19.1 Å². The lowest BCUT2D eigenvalue weighted by atomic mass is 9.93. The highest BCUT2D eigenvalue weighted by Gasteiger charge is 2.23. The number of rotatable bonds is 6. The Labute approximate surface area is 175 Å². The summed E-state index contributed by atoms with van der Waals surface area (Å²) < 4.78 is 20.7. The van der Waals surface area contributed by atoms with Crippen LogP contribution in [0.25, 0.3) is 0 Å². The van der Waals surface area contributed by atoms with Crippen molar-refractivity contribution in [2.75, 3.05) is 5.32 Å². The number of carbonyl (C=O) groups is 2. The van der Waals surface area contributed by atoms with E-state index in [1.54, 1.807) is 0 Å². The van der Waals surface area contributed by atoms with Gasteiger partial charge in [-0.2, -0.15) is 0 Å². The zero-order valence-electron chi connectivity index (χ0n) is 17.2.